The van der Waals surface area contributed by atoms with Gasteiger partial charge in [-0.15, -0.1) is 0 Å². The Labute approximate surface area is 236 Å². The van der Waals surface area contributed by atoms with Crippen molar-refractivity contribution in [1.82, 2.24) is 19.9 Å². The molecule has 0 fully saturated rings. The summed E-state index contributed by atoms with van der Waals surface area (Å²) >= 11 is 0. The number of hydrogen-bond acceptors (Lipinski definition) is 6. The number of fused-ring (bicyclic) bond motifs is 5. The van der Waals surface area contributed by atoms with E-state index in [-0.39, 0.29) is 5.41 Å². The van der Waals surface area contributed by atoms with Crippen LogP contribution in [0.3, 0.4) is 0 Å². The van der Waals surface area contributed by atoms with Gasteiger partial charge in [0.1, 0.15) is 11.4 Å². The van der Waals surface area contributed by atoms with E-state index in [4.69, 9.17) is 13.8 Å². The summed E-state index contributed by atoms with van der Waals surface area (Å²) in [6.07, 6.45) is 10.0. The van der Waals surface area contributed by atoms with Gasteiger partial charge in [0.2, 0.25) is 0 Å². The zero-order valence-corrected chi connectivity index (χ0v) is 22.5. The largest absolute Gasteiger partial charge is 0.442 e. The number of aromatic nitrogens is 4. The summed E-state index contributed by atoms with van der Waals surface area (Å²) in [6.45, 7) is 4.63. The molecule has 6 heteroatoms. The lowest BCUT2D eigenvalue weighted by Gasteiger charge is -2.23. The first-order chi connectivity index (χ1) is 20.1. The predicted octanol–water partition coefficient (Wildman–Crippen LogP) is 8.58. The summed E-state index contributed by atoms with van der Waals surface area (Å²) in [6, 6.07) is 26.0. The third kappa shape index (κ3) is 3.64. The molecule has 4 heterocycles. The van der Waals surface area contributed by atoms with Gasteiger partial charge in [0.05, 0.1) is 12.4 Å². The van der Waals surface area contributed by atoms with Gasteiger partial charge in [-0.25, -0.2) is 9.97 Å². The third-order valence-corrected chi connectivity index (χ3v) is 8.22. The van der Waals surface area contributed by atoms with Crippen molar-refractivity contribution in [3.63, 3.8) is 0 Å². The summed E-state index contributed by atoms with van der Waals surface area (Å²) in [4.78, 5) is 17.3. The second-order valence-corrected chi connectivity index (χ2v) is 10.9. The van der Waals surface area contributed by atoms with Crippen molar-refractivity contribution in [2.75, 3.05) is 0 Å². The maximum atomic E-state index is 5.44. The summed E-state index contributed by atoms with van der Waals surface area (Å²) in [7, 11) is 0. The molecule has 0 saturated heterocycles. The van der Waals surface area contributed by atoms with Crippen molar-refractivity contribution in [2.45, 2.75) is 19.3 Å². The van der Waals surface area contributed by atoms with Gasteiger partial charge in [-0.2, -0.15) is 0 Å². The molecule has 0 amide bonds. The SMILES string of the molecule is CC1(C)c2cc(-c3ccc(-c4cnco4)nc3)ccc2-c2c1cc(-c1ccc(-c3cnco3)nc1)c1ccccc21. The summed E-state index contributed by atoms with van der Waals surface area (Å²) in [5.74, 6) is 1.32. The average molecular weight is 533 g/mol. The highest BCUT2D eigenvalue weighted by molar-refractivity contribution is 6.09. The highest BCUT2D eigenvalue weighted by Gasteiger charge is 2.37. The smallest absolute Gasteiger partial charge is 0.181 e. The van der Waals surface area contributed by atoms with Crippen molar-refractivity contribution < 1.29 is 8.83 Å². The van der Waals surface area contributed by atoms with Gasteiger partial charge >= 0.3 is 0 Å². The monoisotopic (exact) mass is 532 g/mol. The van der Waals surface area contributed by atoms with Crippen molar-refractivity contribution in [3.05, 3.63) is 121 Å². The lowest BCUT2D eigenvalue weighted by atomic mass is 9.80. The molecule has 4 aromatic heterocycles. The van der Waals surface area contributed by atoms with Crippen LogP contribution in [0.4, 0.5) is 0 Å². The quantitative estimate of drug-likeness (QED) is 0.226. The van der Waals surface area contributed by atoms with Crippen LogP contribution < -0.4 is 0 Å². The van der Waals surface area contributed by atoms with Crippen molar-refractivity contribution >= 4 is 10.8 Å². The molecule has 0 aliphatic heterocycles. The highest BCUT2D eigenvalue weighted by Crippen LogP contribution is 2.53. The van der Waals surface area contributed by atoms with Gasteiger partial charge in [0, 0.05) is 28.9 Å². The second-order valence-electron chi connectivity index (χ2n) is 10.9. The van der Waals surface area contributed by atoms with Crippen molar-refractivity contribution in [1.29, 1.82) is 0 Å². The molecule has 3 aromatic carbocycles. The summed E-state index contributed by atoms with van der Waals surface area (Å²) < 4.78 is 10.8. The second kappa shape index (κ2) is 8.83. The Morgan fingerprint density at radius 2 is 1.20 bits per heavy atom. The first-order valence-electron chi connectivity index (χ1n) is 13.5. The molecule has 6 nitrogen and oxygen atoms in total. The summed E-state index contributed by atoms with van der Waals surface area (Å²) in [5.41, 5.74) is 11.0. The number of oxazole rings is 2. The van der Waals surface area contributed by atoms with Crippen LogP contribution in [0.2, 0.25) is 0 Å². The van der Waals surface area contributed by atoms with E-state index in [1.165, 1.54) is 51.4 Å². The normalized spacial score (nSPS) is 13.3. The average Bonchev–Trinajstić information content (AvgIpc) is 3.79. The molecule has 0 bridgehead atoms. The van der Waals surface area contributed by atoms with Crippen LogP contribution in [0.25, 0.3) is 67.1 Å². The number of nitrogens with zero attached hydrogens (tertiary/aromatic N) is 4. The molecule has 0 saturated carbocycles. The molecule has 0 unspecified atom stereocenters. The molecule has 0 N–H and O–H groups in total. The Balaban J connectivity index is 1.24. The first kappa shape index (κ1) is 23.5. The Hall–Kier alpha value is -5.36. The molecule has 1 aliphatic rings. The van der Waals surface area contributed by atoms with Crippen LogP contribution in [0.5, 0.6) is 0 Å². The molecular formula is C35H24N4O2. The van der Waals surface area contributed by atoms with Gasteiger partial charge in [-0.1, -0.05) is 62.4 Å². The topological polar surface area (TPSA) is 77.8 Å². The zero-order chi connectivity index (χ0) is 27.6. The van der Waals surface area contributed by atoms with Gasteiger partial charge in [-0.05, 0) is 68.4 Å². The van der Waals surface area contributed by atoms with E-state index < -0.39 is 0 Å². The lowest BCUT2D eigenvalue weighted by Crippen LogP contribution is -2.15. The standard InChI is InChI=1S/C35H24N4O2/c1-35(2)28-13-21(22-8-11-30(38-15-22)32-17-36-19-40-32)7-10-26(28)34-25-6-4-3-5-24(25)27(14-29(34)35)23-9-12-31(39-16-23)33-18-37-20-41-33/h3-20H,1-2H3. The van der Waals surface area contributed by atoms with E-state index in [9.17, 15) is 0 Å². The molecule has 7 aromatic rings. The van der Waals surface area contributed by atoms with E-state index in [0.29, 0.717) is 11.5 Å². The Bertz CT molecular complexity index is 2040. The fourth-order valence-corrected chi connectivity index (χ4v) is 6.10. The third-order valence-electron chi connectivity index (χ3n) is 8.22. The lowest BCUT2D eigenvalue weighted by molar-refractivity contribution is 0.569. The highest BCUT2D eigenvalue weighted by atomic mass is 16.3. The molecule has 0 spiro atoms. The minimum absolute atomic E-state index is 0.195. The van der Waals surface area contributed by atoms with Gasteiger partial charge < -0.3 is 8.83 Å². The number of pyridine rings is 2. The molecule has 196 valence electrons. The van der Waals surface area contributed by atoms with E-state index >= 15 is 0 Å². The van der Waals surface area contributed by atoms with E-state index in [1.54, 1.807) is 12.4 Å². The van der Waals surface area contributed by atoms with E-state index in [0.717, 1.165) is 28.1 Å². The van der Waals surface area contributed by atoms with Gasteiger partial charge in [0.25, 0.3) is 0 Å². The molecule has 41 heavy (non-hydrogen) atoms. The van der Waals surface area contributed by atoms with Gasteiger partial charge in [-0.3, -0.25) is 9.97 Å². The molecule has 0 radical (unpaired) electrons. The fourth-order valence-electron chi connectivity index (χ4n) is 6.10. The maximum Gasteiger partial charge on any atom is 0.181 e. The van der Waals surface area contributed by atoms with Crippen LogP contribution >= 0.6 is 0 Å². The van der Waals surface area contributed by atoms with Crippen LogP contribution in [0.15, 0.2) is 119 Å². The predicted molar refractivity (Wildman–Crippen MR) is 159 cm³/mol. The van der Waals surface area contributed by atoms with Gasteiger partial charge in [0.15, 0.2) is 24.3 Å². The first-order valence-corrected chi connectivity index (χ1v) is 13.5. The minimum atomic E-state index is -0.195. The molecule has 0 atom stereocenters. The maximum absolute atomic E-state index is 5.44. The minimum Gasteiger partial charge on any atom is -0.442 e. The zero-order valence-electron chi connectivity index (χ0n) is 22.5. The van der Waals surface area contributed by atoms with Crippen LogP contribution in [0.1, 0.15) is 25.0 Å². The Morgan fingerprint density at radius 3 is 1.80 bits per heavy atom. The van der Waals surface area contributed by atoms with Crippen LogP contribution in [0, 0.1) is 0 Å². The molecule has 1 aliphatic carbocycles. The number of rotatable bonds is 4. The van der Waals surface area contributed by atoms with Crippen LogP contribution in [-0.2, 0) is 5.41 Å². The Kier molecular flexibility index (Phi) is 5.06. The molecule has 8 rings (SSSR count). The Morgan fingerprint density at radius 1 is 0.561 bits per heavy atom. The van der Waals surface area contributed by atoms with Crippen molar-refractivity contribution in [2.24, 2.45) is 0 Å². The number of benzene rings is 3. The van der Waals surface area contributed by atoms with Crippen LogP contribution in [-0.4, -0.2) is 19.9 Å². The summed E-state index contributed by atoms with van der Waals surface area (Å²) in [5, 5.41) is 2.46. The molecular weight excluding hydrogens is 508 g/mol. The number of hydrogen-bond donors (Lipinski definition) is 0. The van der Waals surface area contributed by atoms with Crippen molar-refractivity contribution in [3.8, 4) is 56.3 Å². The van der Waals surface area contributed by atoms with E-state index in [2.05, 4.69) is 89.5 Å². The van der Waals surface area contributed by atoms with E-state index in [1.807, 2.05) is 24.5 Å². The fraction of sp³-hybridized carbons (Fsp3) is 0.0857.